The second kappa shape index (κ2) is 12.2. The molecule has 3 N–H and O–H groups in total. The fourth-order valence-corrected chi connectivity index (χ4v) is 3.38. The highest BCUT2D eigenvalue weighted by Gasteiger charge is 2.12. The molecule has 2 rings (SSSR count). The van der Waals surface area contributed by atoms with Gasteiger partial charge in [0, 0.05) is 25.0 Å². The topological polar surface area (TPSA) is 96.5 Å². The molecule has 0 aliphatic heterocycles. The molecule has 3 amide bonds. The second-order valence-corrected chi connectivity index (χ2v) is 7.79. The summed E-state index contributed by atoms with van der Waals surface area (Å²) in [5.41, 5.74) is 2.57. The molecule has 0 bridgehead atoms. The van der Waals surface area contributed by atoms with Crippen LogP contribution in [0.15, 0.2) is 42.5 Å². The van der Waals surface area contributed by atoms with Gasteiger partial charge in [0.15, 0.2) is 0 Å². The normalized spacial score (nSPS) is 10.4. The van der Waals surface area contributed by atoms with Crippen LogP contribution < -0.4 is 16.0 Å². The van der Waals surface area contributed by atoms with E-state index in [1.165, 1.54) is 17.8 Å². The van der Waals surface area contributed by atoms with Crippen LogP contribution in [0.25, 0.3) is 0 Å². The van der Waals surface area contributed by atoms with Crippen LogP contribution in [0.2, 0.25) is 5.02 Å². The molecule has 0 saturated carbocycles. The largest absolute Gasteiger partial charge is 0.383 e. The van der Waals surface area contributed by atoms with Gasteiger partial charge in [0.2, 0.25) is 11.8 Å². The van der Waals surface area contributed by atoms with E-state index in [0.717, 1.165) is 11.3 Å². The van der Waals surface area contributed by atoms with Gasteiger partial charge in [-0.1, -0.05) is 23.7 Å². The molecule has 160 valence electrons. The molecule has 0 unspecified atom stereocenters. The summed E-state index contributed by atoms with van der Waals surface area (Å²) >= 11 is 7.36. The van der Waals surface area contributed by atoms with Gasteiger partial charge in [0.1, 0.15) is 0 Å². The first-order chi connectivity index (χ1) is 14.4. The number of halogens is 1. The molecule has 0 aliphatic rings. The van der Waals surface area contributed by atoms with Crippen molar-refractivity contribution in [2.75, 3.05) is 42.4 Å². The van der Waals surface area contributed by atoms with Crippen molar-refractivity contribution < 1.29 is 19.1 Å². The number of thioether (sulfide) groups is 1. The van der Waals surface area contributed by atoms with E-state index in [4.69, 9.17) is 16.3 Å². The molecular formula is C21H24ClN3O4S. The Bertz CT molecular complexity index is 908. The Morgan fingerprint density at radius 1 is 1.00 bits per heavy atom. The Balaban J connectivity index is 1.77. The van der Waals surface area contributed by atoms with Gasteiger partial charge >= 0.3 is 0 Å². The third kappa shape index (κ3) is 8.06. The van der Waals surface area contributed by atoms with E-state index in [9.17, 15) is 14.4 Å². The Hall–Kier alpha value is -2.55. The number of hydrogen-bond acceptors (Lipinski definition) is 5. The molecule has 2 aromatic rings. The molecule has 0 heterocycles. The zero-order valence-corrected chi connectivity index (χ0v) is 18.4. The number of aryl methyl sites for hydroxylation is 1. The number of carbonyl (C=O) groups is 3. The fraction of sp³-hybridized carbons (Fsp3) is 0.286. The summed E-state index contributed by atoms with van der Waals surface area (Å²) in [7, 11) is 1.55. The van der Waals surface area contributed by atoms with E-state index in [1.54, 1.807) is 19.2 Å². The van der Waals surface area contributed by atoms with Crippen molar-refractivity contribution in [3.05, 3.63) is 58.6 Å². The molecule has 30 heavy (non-hydrogen) atoms. The average molecular weight is 450 g/mol. The van der Waals surface area contributed by atoms with Crippen molar-refractivity contribution in [3.8, 4) is 0 Å². The maximum Gasteiger partial charge on any atom is 0.252 e. The number of hydrogen-bond donors (Lipinski definition) is 3. The number of carbonyl (C=O) groups excluding carboxylic acids is 3. The molecular weight excluding hydrogens is 426 g/mol. The van der Waals surface area contributed by atoms with Crippen molar-refractivity contribution in [2.24, 2.45) is 0 Å². The van der Waals surface area contributed by atoms with E-state index < -0.39 is 0 Å². The summed E-state index contributed by atoms with van der Waals surface area (Å²) < 4.78 is 4.88. The van der Waals surface area contributed by atoms with E-state index in [1.807, 2.05) is 31.2 Å². The van der Waals surface area contributed by atoms with Crippen LogP contribution in [0.1, 0.15) is 15.9 Å². The highest BCUT2D eigenvalue weighted by molar-refractivity contribution is 8.00. The molecule has 7 nitrogen and oxygen atoms in total. The van der Waals surface area contributed by atoms with Gasteiger partial charge in [-0.05, 0) is 42.8 Å². The fourth-order valence-electron chi connectivity index (χ4n) is 2.49. The summed E-state index contributed by atoms with van der Waals surface area (Å²) in [5.74, 6) is -0.493. The number of nitrogens with one attached hydrogen (secondary N) is 3. The molecule has 9 heteroatoms. The van der Waals surface area contributed by atoms with E-state index in [2.05, 4.69) is 16.0 Å². The number of rotatable bonds is 10. The van der Waals surface area contributed by atoms with Gasteiger partial charge in [-0.3, -0.25) is 14.4 Å². The predicted molar refractivity (Wildman–Crippen MR) is 121 cm³/mol. The highest BCUT2D eigenvalue weighted by atomic mass is 35.5. The Morgan fingerprint density at radius 2 is 1.67 bits per heavy atom. The van der Waals surface area contributed by atoms with Crippen molar-refractivity contribution >= 4 is 52.5 Å². The standard InChI is InChI=1S/C21H24ClN3O4S/c1-14-4-3-5-15(10-14)24-19(26)12-30-13-20(27)25-16-6-7-17(18(22)11-16)21(28)23-8-9-29-2/h3-7,10-11H,8-9,12-13H2,1-2H3,(H,23,28)(H,24,26)(H,25,27). The summed E-state index contributed by atoms with van der Waals surface area (Å²) in [6.07, 6.45) is 0. The van der Waals surface area contributed by atoms with Crippen LogP contribution in [0.4, 0.5) is 11.4 Å². The van der Waals surface area contributed by atoms with Crippen LogP contribution in [-0.2, 0) is 14.3 Å². The van der Waals surface area contributed by atoms with Crippen LogP contribution >= 0.6 is 23.4 Å². The number of anilines is 2. The minimum Gasteiger partial charge on any atom is -0.383 e. The van der Waals surface area contributed by atoms with Gasteiger partial charge in [0.25, 0.3) is 5.91 Å². The number of methoxy groups -OCH3 is 1. The van der Waals surface area contributed by atoms with E-state index >= 15 is 0 Å². The zero-order valence-electron chi connectivity index (χ0n) is 16.8. The van der Waals surface area contributed by atoms with Gasteiger partial charge < -0.3 is 20.7 Å². The quantitative estimate of drug-likeness (QED) is 0.483. The van der Waals surface area contributed by atoms with Crippen molar-refractivity contribution in [1.29, 1.82) is 0 Å². The minimum atomic E-state index is -0.315. The third-order valence-electron chi connectivity index (χ3n) is 3.86. The number of ether oxygens (including phenoxy) is 1. The predicted octanol–water partition coefficient (Wildman–Crippen LogP) is 3.34. The summed E-state index contributed by atoms with van der Waals surface area (Å²) in [4.78, 5) is 36.1. The van der Waals surface area contributed by atoms with E-state index in [-0.39, 0.29) is 34.2 Å². The van der Waals surface area contributed by atoms with Crippen LogP contribution in [0.5, 0.6) is 0 Å². The molecule has 0 spiro atoms. The number of benzene rings is 2. The van der Waals surface area contributed by atoms with Crippen LogP contribution in [-0.4, -0.2) is 49.5 Å². The number of amides is 3. The smallest absolute Gasteiger partial charge is 0.252 e. The average Bonchev–Trinajstić information content (AvgIpc) is 2.68. The van der Waals surface area contributed by atoms with Crippen molar-refractivity contribution in [2.45, 2.75) is 6.92 Å². The Labute approximate surface area is 184 Å². The lowest BCUT2D eigenvalue weighted by atomic mass is 10.2. The first-order valence-corrected chi connectivity index (χ1v) is 10.7. The summed E-state index contributed by atoms with van der Waals surface area (Å²) in [6, 6.07) is 12.2. The Kier molecular flexibility index (Phi) is 9.66. The first-order valence-electron chi connectivity index (χ1n) is 9.20. The van der Waals surface area contributed by atoms with Gasteiger partial charge in [-0.15, -0.1) is 11.8 Å². The van der Waals surface area contributed by atoms with Gasteiger partial charge in [-0.2, -0.15) is 0 Å². The molecule has 0 aliphatic carbocycles. The van der Waals surface area contributed by atoms with E-state index in [0.29, 0.717) is 24.4 Å². The Morgan fingerprint density at radius 3 is 2.27 bits per heavy atom. The first kappa shape index (κ1) is 23.7. The maximum absolute atomic E-state index is 12.1. The maximum atomic E-state index is 12.1. The molecule has 0 atom stereocenters. The van der Waals surface area contributed by atoms with Gasteiger partial charge in [0.05, 0.1) is 28.7 Å². The summed E-state index contributed by atoms with van der Waals surface area (Å²) in [6.45, 7) is 2.72. The highest BCUT2D eigenvalue weighted by Crippen LogP contribution is 2.21. The SMILES string of the molecule is COCCNC(=O)c1ccc(NC(=O)CSCC(=O)Nc2cccc(C)c2)cc1Cl. The summed E-state index contributed by atoms with van der Waals surface area (Å²) in [5, 5.41) is 8.41. The van der Waals surface area contributed by atoms with Crippen LogP contribution in [0, 0.1) is 6.92 Å². The lowest BCUT2D eigenvalue weighted by Gasteiger charge is -2.09. The molecule has 0 fully saturated rings. The monoisotopic (exact) mass is 449 g/mol. The zero-order chi connectivity index (χ0) is 21.9. The second-order valence-electron chi connectivity index (χ2n) is 6.40. The van der Waals surface area contributed by atoms with Gasteiger partial charge in [-0.25, -0.2) is 0 Å². The minimum absolute atomic E-state index is 0.109. The molecule has 0 aromatic heterocycles. The van der Waals surface area contributed by atoms with Crippen molar-refractivity contribution in [1.82, 2.24) is 5.32 Å². The van der Waals surface area contributed by atoms with Crippen molar-refractivity contribution in [3.63, 3.8) is 0 Å². The molecule has 2 aromatic carbocycles. The van der Waals surface area contributed by atoms with Crippen LogP contribution in [0.3, 0.4) is 0 Å². The lowest BCUT2D eigenvalue weighted by molar-refractivity contribution is -0.114. The molecule has 0 radical (unpaired) electrons. The third-order valence-corrected chi connectivity index (χ3v) is 5.10. The molecule has 0 saturated heterocycles. The lowest BCUT2D eigenvalue weighted by Crippen LogP contribution is -2.27.